The Morgan fingerprint density at radius 2 is 1.89 bits per heavy atom. The second kappa shape index (κ2) is 11.9. The van der Waals surface area contributed by atoms with Gasteiger partial charge in [0.1, 0.15) is 0 Å². The van der Waals surface area contributed by atoms with Crippen molar-refractivity contribution in [3.63, 3.8) is 0 Å². The molecule has 0 amide bonds. The normalized spacial score (nSPS) is 17.2. The smallest absolute Gasteiger partial charge is 0.0700 e. The zero-order valence-corrected chi connectivity index (χ0v) is 11.8. The van der Waals surface area contributed by atoms with Crippen LogP contribution in [0.5, 0.6) is 0 Å². The van der Waals surface area contributed by atoms with Crippen molar-refractivity contribution < 1.29 is 14.2 Å². The number of rotatable bonds is 11. The maximum Gasteiger partial charge on any atom is 0.0700 e. The lowest BCUT2D eigenvalue weighted by atomic mass is 9.94. The van der Waals surface area contributed by atoms with Crippen LogP contribution in [0.1, 0.15) is 32.1 Å². The van der Waals surface area contributed by atoms with Crippen LogP contribution in [0.25, 0.3) is 0 Å². The van der Waals surface area contributed by atoms with Crippen LogP contribution in [0.4, 0.5) is 0 Å². The summed E-state index contributed by atoms with van der Waals surface area (Å²) in [6, 6.07) is 0. The van der Waals surface area contributed by atoms with Gasteiger partial charge < -0.3 is 19.5 Å². The molecule has 1 saturated heterocycles. The SMILES string of the molecule is COCCOCCNCCCCC1CCOCC1. The highest BCUT2D eigenvalue weighted by molar-refractivity contribution is 4.63. The maximum atomic E-state index is 5.37. The Morgan fingerprint density at radius 3 is 2.67 bits per heavy atom. The van der Waals surface area contributed by atoms with Crippen LogP contribution in [-0.2, 0) is 14.2 Å². The van der Waals surface area contributed by atoms with Gasteiger partial charge in [-0.25, -0.2) is 0 Å². The number of methoxy groups -OCH3 is 1. The molecule has 1 N–H and O–H groups in total. The molecule has 0 radical (unpaired) electrons. The number of nitrogens with one attached hydrogen (secondary N) is 1. The molecule has 1 aliphatic rings. The van der Waals surface area contributed by atoms with Gasteiger partial charge in [-0.3, -0.25) is 0 Å². The zero-order chi connectivity index (χ0) is 12.9. The number of ether oxygens (including phenoxy) is 3. The minimum absolute atomic E-state index is 0.686. The molecule has 0 aromatic rings. The van der Waals surface area contributed by atoms with Crippen LogP contribution < -0.4 is 5.32 Å². The fourth-order valence-corrected chi connectivity index (χ4v) is 2.23. The molecule has 0 unspecified atom stereocenters. The van der Waals surface area contributed by atoms with Crippen molar-refractivity contribution in [2.24, 2.45) is 5.92 Å². The van der Waals surface area contributed by atoms with Gasteiger partial charge in [0.25, 0.3) is 0 Å². The molecule has 108 valence electrons. The molecular formula is C14H29NO3. The Labute approximate surface area is 111 Å². The van der Waals surface area contributed by atoms with E-state index in [4.69, 9.17) is 14.2 Å². The van der Waals surface area contributed by atoms with E-state index in [9.17, 15) is 0 Å². The first-order chi connectivity index (χ1) is 8.93. The summed E-state index contributed by atoms with van der Waals surface area (Å²) in [4.78, 5) is 0. The highest BCUT2D eigenvalue weighted by Gasteiger charge is 2.12. The molecule has 0 aliphatic carbocycles. The summed E-state index contributed by atoms with van der Waals surface area (Å²) in [7, 11) is 1.69. The Morgan fingerprint density at radius 1 is 1.06 bits per heavy atom. The molecule has 1 fully saturated rings. The standard InChI is InChI=1S/C14H29NO3/c1-16-12-13-18-11-8-15-7-3-2-4-14-5-9-17-10-6-14/h14-15H,2-13H2,1H3. The summed E-state index contributed by atoms with van der Waals surface area (Å²) in [6.07, 6.45) is 6.51. The Bertz CT molecular complexity index is 172. The number of hydrogen-bond acceptors (Lipinski definition) is 4. The van der Waals surface area contributed by atoms with Gasteiger partial charge in [-0.1, -0.05) is 12.8 Å². The summed E-state index contributed by atoms with van der Waals surface area (Å²) in [5, 5.41) is 3.41. The van der Waals surface area contributed by atoms with Crippen molar-refractivity contribution >= 4 is 0 Å². The second-order valence-electron chi connectivity index (χ2n) is 4.91. The average Bonchev–Trinajstić information content (AvgIpc) is 2.42. The van der Waals surface area contributed by atoms with Gasteiger partial charge >= 0.3 is 0 Å². The molecular weight excluding hydrogens is 230 g/mol. The summed E-state index contributed by atoms with van der Waals surface area (Å²) in [5.74, 6) is 0.913. The molecule has 1 aliphatic heterocycles. The summed E-state index contributed by atoms with van der Waals surface area (Å²) >= 11 is 0. The van der Waals surface area contributed by atoms with Gasteiger partial charge in [0.15, 0.2) is 0 Å². The molecule has 0 spiro atoms. The van der Waals surface area contributed by atoms with Gasteiger partial charge in [0, 0.05) is 26.9 Å². The fraction of sp³-hybridized carbons (Fsp3) is 1.00. The number of unbranched alkanes of at least 4 members (excludes halogenated alkanes) is 1. The topological polar surface area (TPSA) is 39.7 Å². The lowest BCUT2D eigenvalue weighted by Crippen LogP contribution is -2.22. The molecule has 0 atom stereocenters. The molecule has 4 heteroatoms. The van der Waals surface area contributed by atoms with E-state index >= 15 is 0 Å². The van der Waals surface area contributed by atoms with Gasteiger partial charge in [-0.05, 0) is 31.7 Å². The van der Waals surface area contributed by atoms with E-state index in [0.29, 0.717) is 13.2 Å². The summed E-state index contributed by atoms with van der Waals surface area (Å²) in [5.41, 5.74) is 0. The van der Waals surface area contributed by atoms with E-state index in [2.05, 4.69) is 5.32 Å². The predicted octanol–water partition coefficient (Wildman–Crippen LogP) is 1.84. The lowest BCUT2D eigenvalue weighted by Gasteiger charge is -2.21. The third kappa shape index (κ3) is 8.86. The van der Waals surface area contributed by atoms with Gasteiger partial charge in [0.05, 0.1) is 19.8 Å². The minimum Gasteiger partial charge on any atom is -0.382 e. The molecule has 0 saturated carbocycles. The lowest BCUT2D eigenvalue weighted by molar-refractivity contribution is 0.0630. The number of hydrogen-bond donors (Lipinski definition) is 1. The van der Waals surface area contributed by atoms with Crippen LogP contribution in [0.2, 0.25) is 0 Å². The summed E-state index contributed by atoms with van der Waals surface area (Å²) in [6.45, 7) is 6.16. The van der Waals surface area contributed by atoms with Gasteiger partial charge in [-0.15, -0.1) is 0 Å². The molecule has 0 aromatic carbocycles. The third-order valence-corrected chi connectivity index (χ3v) is 3.41. The van der Waals surface area contributed by atoms with Crippen molar-refractivity contribution in [2.75, 3.05) is 53.2 Å². The van der Waals surface area contributed by atoms with E-state index in [1.807, 2.05) is 0 Å². The predicted molar refractivity (Wildman–Crippen MR) is 73.0 cm³/mol. The minimum atomic E-state index is 0.686. The highest BCUT2D eigenvalue weighted by atomic mass is 16.5. The zero-order valence-electron chi connectivity index (χ0n) is 11.8. The molecule has 1 heterocycles. The van der Waals surface area contributed by atoms with Crippen molar-refractivity contribution in [3.05, 3.63) is 0 Å². The van der Waals surface area contributed by atoms with Crippen LogP contribution in [0.15, 0.2) is 0 Å². The monoisotopic (exact) mass is 259 g/mol. The summed E-state index contributed by atoms with van der Waals surface area (Å²) < 4.78 is 15.6. The van der Waals surface area contributed by atoms with Crippen molar-refractivity contribution in [2.45, 2.75) is 32.1 Å². The average molecular weight is 259 g/mol. The Hall–Kier alpha value is -0.160. The molecule has 4 nitrogen and oxygen atoms in total. The van der Waals surface area contributed by atoms with E-state index in [1.54, 1.807) is 7.11 Å². The molecule has 18 heavy (non-hydrogen) atoms. The van der Waals surface area contributed by atoms with Gasteiger partial charge in [-0.2, -0.15) is 0 Å². The second-order valence-corrected chi connectivity index (χ2v) is 4.91. The van der Waals surface area contributed by atoms with E-state index in [0.717, 1.165) is 38.8 Å². The van der Waals surface area contributed by atoms with Crippen LogP contribution in [-0.4, -0.2) is 53.2 Å². The quantitative estimate of drug-likeness (QED) is 0.575. The van der Waals surface area contributed by atoms with Crippen LogP contribution in [0.3, 0.4) is 0 Å². The van der Waals surface area contributed by atoms with Crippen LogP contribution >= 0.6 is 0 Å². The highest BCUT2D eigenvalue weighted by Crippen LogP contribution is 2.20. The maximum absolute atomic E-state index is 5.37. The van der Waals surface area contributed by atoms with Crippen molar-refractivity contribution in [1.82, 2.24) is 5.32 Å². The van der Waals surface area contributed by atoms with E-state index in [1.165, 1.54) is 32.1 Å². The van der Waals surface area contributed by atoms with Crippen molar-refractivity contribution in [3.8, 4) is 0 Å². The third-order valence-electron chi connectivity index (χ3n) is 3.41. The van der Waals surface area contributed by atoms with Crippen LogP contribution in [0, 0.1) is 5.92 Å². The van der Waals surface area contributed by atoms with Crippen molar-refractivity contribution in [1.29, 1.82) is 0 Å². The largest absolute Gasteiger partial charge is 0.382 e. The van der Waals surface area contributed by atoms with E-state index in [-0.39, 0.29) is 0 Å². The first-order valence-electron chi connectivity index (χ1n) is 7.28. The molecule has 0 bridgehead atoms. The Balaban J connectivity index is 1.73. The first-order valence-corrected chi connectivity index (χ1v) is 7.28. The van der Waals surface area contributed by atoms with Gasteiger partial charge in [0.2, 0.25) is 0 Å². The first kappa shape index (κ1) is 15.9. The Kier molecular flexibility index (Phi) is 10.5. The fourth-order valence-electron chi connectivity index (χ4n) is 2.23. The molecule has 1 rings (SSSR count). The molecule has 0 aromatic heterocycles. The van der Waals surface area contributed by atoms with E-state index < -0.39 is 0 Å².